The van der Waals surface area contributed by atoms with E-state index < -0.39 is 0 Å². The molecule has 0 aliphatic heterocycles. The summed E-state index contributed by atoms with van der Waals surface area (Å²) in [6.45, 7) is 0.932. The first-order valence-corrected chi connectivity index (χ1v) is 15.4. The van der Waals surface area contributed by atoms with Crippen LogP contribution < -0.4 is 29.1 Å². The number of aryl methyl sites for hydroxylation is 2. The van der Waals surface area contributed by atoms with Gasteiger partial charge in [-0.25, -0.2) is 28.3 Å². The highest BCUT2D eigenvalue weighted by Crippen LogP contribution is 2.16. The van der Waals surface area contributed by atoms with Crippen molar-refractivity contribution in [3.63, 3.8) is 0 Å². The van der Waals surface area contributed by atoms with Crippen LogP contribution in [0.1, 0.15) is 22.5 Å². The largest absolute Gasteiger partial charge is 0.485 e. The van der Waals surface area contributed by atoms with Crippen LogP contribution in [0.2, 0.25) is 0 Å². The minimum Gasteiger partial charge on any atom is -0.485 e. The van der Waals surface area contributed by atoms with E-state index in [-0.39, 0.29) is 0 Å². The van der Waals surface area contributed by atoms with Gasteiger partial charge in [-0.05, 0) is 71.8 Å². The van der Waals surface area contributed by atoms with Crippen molar-refractivity contribution in [2.75, 3.05) is 10.9 Å². The third-order valence-corrected chi connectivity index (χ3v) is 7.82. The number of hydrazone groups is 2. The Morgan fingerprint density at radius 2 is 1.19 bits per heavy atom. The number of hydrogen-bond acceptors (Lipinski definition) is 8. The van der Waals surface area contributed by atoms with Crippen molar-refractivity contribution in [2.45, 2.75) is 13.2 Å². The van der Waals surface area contributed by atoms with Crippen LogP contribution in [0.25, 0.3) is 11.3 Å². The van der Waals surface area contributed by atoms with Gasteiger partial charge in [0.25, 0.3) is 11.3 Å². The summed E-state index contributed by atoms with van der Waals surface area (Å²) in [6.07, 6.45) is 13.2. The van der Waals surface area contributed by atoms with Gasteiger partial charge in [0, 0.05) is 24.4 Å². The molecule has 7 aromatic rings. The van der Waals surface area contributed by atoms with Gasteiger partial charge in [0.15, 0.2) is 30.4 Å². The molecule has 12 heteroatoms. The molecule has 12 nitrogen and oxygen atoms in total. The maximum absolute atomic E-state index is 6.01. The zero-order valence-corrected chi connectivity index (χ0v) is 26.5. The highest BCUT2D eigenvalue weighted by Gasteiger charge is 2.15. The number of imidazole rings is 2. The average molecular weight is 639 g/mol. The Balaban J connectivity index is 0.871. The van der Waals surface area contributed by atoms with Crippen molar-refractivity contribution >= 4 is 35.5 Å². The fourth-order valence-electron chi connectivity index (χ4n) is 5.17. The summed E-state index contributed by atoms with van der Waals surface area (Å²) in [5.74, 6) is 2.42. The van der Waals surface area contributed by atoms with E-state index in [1.807, 2.05) is 99.3 Å². The molecule has 2 N–H and O–H groups in total. The summed E-state index contributed by atoms with van der Waals surface area (Å²) < 4.78 is 20.4. The van der Waals surface area contributed by atoms with Crippen molar-refractivity contribution in [2.24, 2.45) is 24.3 Å². The maximum Gasteiger partial charge on any atom is 0.286 e. The minimum absolute atomic E-state index is 0.338. The summed E-state index contributed by atoms with van der Waals surface area (Å²) in [7, 11) is 4.07. The van der Waals surface area contributed by atoms with E-state index in [0.29, 0.717) is 25.0 Å². The normalized spacial score (nSPS) is 11.5. The topological polar surface area (TPSA) is 111 Å². The molecule has 5 heterocycles. The second kappa shape index (κ2) is 13.8. The molecule has 0 saturated heterocycles. The van der Waals surface area contributed by atoms with Gasteiger partial charge >= 0.3 is 0 Å². The van der Waals surface area contributed by atoms with Crippen LogP contribution in [0.5, 0.6) is 11.5 Å². The van der Waals surface area contributed by atoms with Gasteiger partial charge in [0.1, 0.15) is 23.9 Å². The van der Waals surface area contributed by atoms with Crippen LogP contribution in [0, 0.1) is 0 Å². The predicted molar refractivity (Wildman–Crippen MR) is 183 cm³/mol. The molecule has 7 rings (SSSR count). The molecule has 2 aromatic carbocycles. The highest BCUT2D eigenvalue weighted by atomic mass is 16.5. The van der Waals surface area contributed by atoms with Crippen molar-refractivity contribution in [1.82, 2.24) is 19.1 Å². The zero-order valence-electron chi connectivity index (χ0n) is 26.5. The number of aromatic nitrogens is 6. The summed E-state index contributed by atoms with van der Waals surface area (Å²) in [6, 6.07) is 29.4. The van der Waals surface area contributed by atoms with Gasteiger partial charge in [-0.1, -0.05) is 12.1 Å². The van der Waals surface area contributed by atoms with E-state index in [2.05, 4.69) is 73.5 Å². The number of anilines is 2. The van der Waals surface area contributed by atoms with Crippen molar-refractivity contribution < 1.29 is 18.3 Å². The smallest absolute Gasteiger partial charge is 0.286 e. The lowest BCUT2D eigenvalue weighted by molar-refractivity contribution is -0.511. The van der Waals surface area contributed by atoms with E-state index in [0.717, 1.165) is 45.3 Å². The number of nitrogens with zero attached hydrogens (tertiary/aromatic N) is 8. The van der Waals surface area contributed by atoms with Crippen LogP contribution in [0.4, 0.5) is 11.8 Å². The molecule has 238 valence electrons. The lowest BCUT2D eigenvalue weighted by Crippen LogP contribution is -2.17. The molecular weight excluding hydrogens is 604 g/mol. The number of rotatable bonds is 12. The molecule has 0 atom stereocenters. The Kier molecular flexibility index (Phi) is 8.68. The lowest BCUT2D eigenvalue weighted by Gasteiger charge is -2.05. The summed E-state index contributed by atoms with van der Waals surface area (Å²) in [5.41, 5.74) is 12.0. The predicted octanol–water partition coefficient (Wildman–Crippen LogP) is 4.68. The third kappa shape index (κ3) is 6.97. The summed E-state index contributed by atoms with van der Waals surface area (Å²) >= 11 is 0. The first-order valence-electron chi connectivity index (χ1n) is 15.4. The number of hydrogen-bond donors (Lipinski definition) is 2. The Hall–Kier alpha value is -6.56. The van der Waals surface area contributed by atoms with E-state index in [9.17, 15) is 0 Å². The zero-order chi connectivity index (χ0) is 32.7. The van der Waals surface area contributed by atoms with Crippen LogP contribution in [-0.2, 0) is 27.3 Å². The van der Waals surface area contributed by atoms with E-state index in [1.54, 1.807) is 24.7 Å². The molecule has 0 radical (unpaired) electrons. The quantitative estimate of drug-likeness (QED) is 0.114. The Morgan fingerprint density at radius 1 is 0.667 bits per heavy atom. The molecule has 5 aromatic heterocycles. The summed E-state index contributed by atoms with van der Waals surface area (Å²) in [5, 5.41) is 8.58. The number of ether oxygens (including phenoxy) is 2. The first kappa shape index (κ1) is 30.1. The fourth-order valence-corrected chi connectivity index (χ4v) is 5.17. The van der Waals surface area contributed by atoms with Crippen LogP contribution in [-0.4, -0.2) is 31.5 Å². The van der Waals surface area contributed by atoms with Gasteiger partial charge in [0.2, 0.25) is 5.95 Å². The fraction of sp³-hybridized carbons (Fsp3) is 0.111. The molecule has 0 amide bonds. The Labute approximate surface area is 276 Å². The molecule has 0 aliphatic carbocycles. The Morgan fingerprint density at radius 3 is 1.71 bits per heavy atom. The van der Waals surface area contributed by atoms with Crippen LogP contribution in [0.15, 0.2) is 132 Å². The van der Waals surface area contributed by atoms with Gasteiger partial charge in [0.05, 0.1) is 38.9 Å². The molecule has 0 unspecified atom stereocenters. The number of pyridine rings is 2. The van der Waals surface area contributed by atoms with Crippen molar-refractivity contribution in [1.29, 1.82) is 0 Å². The van der Waals surface area contributed by atoms with E-state index >= 15 is 0 Å². The molecule has 0 bridgehead atoms. The van der Waals surface area contributed by atoms with Gasteiger partial charge in [-0.2, -0.15) is 15.2 Å². The highest BCUT2D eigenvalue weighted by molar-refractivity contribution is 5.81. The molecule has 0 spiro atoms. The third-order valence-electron chi connectivity index (χ3n) is 7.82. The first-order chi connectivity index (χ1) is 23.6. The second-order valence-electron chi connectivity index (χ2n) is 11.0. The van der Waals surface area contributed by atoms with Crippen molar-refractivity contribution in [3.05, 3.63) is 144 Å². The average Bonchev–Trinajstić information content (AvgIpc) is 3.63. The van der Waals surface area contributed by atoms with E-state index in [1.165, 1.54) is 0 Å². The van der Waals surface area contributed by atoms with Gasteiger partial charge < -0.3 is 9.47 Å². The maximum atomic E-state index is 6.01. The van der Waals surface area contributed by atoms with Crippen LogP contribution >= 0.6 is 0 Å². The SMILES string of the molecule is Cn1c(COc2ccc(/C=N/Nc3ccnc(N/N=C/c4ccc(OCc5c[n+]6ccccc6n5C)cc4)n3)cc2)c[n+]2ccccc12. The van der Waals surface area contributed by atoms with Gasteiger partial charge in [-0.15, -0.1) is 0 Å². The molecule has 0 fully saturated rings. The van der Waals surface area contributed by atoms with Crippen LogP contribution in [0.3, 0.4) is 0 Å². The number of nitrogens with one attached hydrogen (secondary N) is 2. The number of fused-ring (bicyclic) bond motifs is 2. The van der Waals surface area contributed by atoms with Gasteiger partial charge in [-0.3, -0.25) is 5.43 Å². The summed E-state index contributed by atoms with van der Waals surface area (Å²) in [4.78, 5) is 8.63. The molecule has 0 aliphatic rings. The second-order valence-corrected chi connectivity index (χ2v) is 11.0. The van der Waals surface area contributed by atoms with E-state index in [4.69, 9.17) is 9.47 Å². The minimum atomic E-state index is 0.338. The molecular formula is C36H34N10O2+2. The van der Waals surface area contributed by atoms with Crippen molar-refractivity contribution in [3.8, 4) is 11.5 Å². The Bertz CT molecular complexity index is 2070. The molecule has 48 heavy (non-hydrogen) atoms. The number of benzene rings is 2. The monoisotopic (exact) mass is 638 g/mol. The molecule has 0 saturated carbocycles. The lowest BCUT2D eigenvalue weighted by atomic mass is 10.2. The standard InChI is InChI=1S/C36H34N10O2/c1-43-29(23-45-19-5-3-7-34(43)45)25-47-31-13-9-27(10-14-31)21-38-41-33-17-18-37-36(40-33)42-39-22-28-11-15-32(16-12-28)48-26-30-24-46-20-6-4-8-35(46)44(30)2/h3-24H,25-26H2,1-2H3,(H2,37,40,41,42)/q+2/b38-21+,39-22+.